The fourth-order valence-electron chi connectivity index (χ4n) is 2.88. The van der Waals surface area contributed by atoms with E-state index in [1.54, 1.807) is 0 Å². The third-order valence-corrected chi connectivity index (χ3v) is 5.37. The standard InChI is InChI=1S/C22H23N7O2S/c1-13-8-9-15(3)17(10-13)30-11-19-28-29-22(31-19)32-12-18-25-20(23)27-21(26-18)24-16-7-5-4-6-14(16)2/h4-10H,11-12H2,1-3H3,(H3,23,24,25,26,27). The van der Waals surface area contributed by atoms with Gasteiger partial charge in [-0.25, -0.2) is 0 Å². The zero-order valence-corrected chi connectivity index (χ0v) is 18.8. The van der Waals surface area contributed by atoms with Crippen LogP contribution in [-0.2, 0) is 12.4 Å². The van der Waals surface area contributed by atoms with Gasteiger partial charge in [0.1, 0.15) is 11.6 Å². The molecule has 164 valence electrons. The van der Waals surface area contributed by atoms with Gasteiger partial charge in [-0.3, -0.25) is 0 Å². The minimum absolute atomic E-state index is 0.139. The average molecular weight is 450 g/mol. The van der Waals surface area contributed by atoms with E-state index in [-0.39, 0.29) is 12.6 Å². The van der Waals surface area contributed by atoms with Crippen LogP contribution in [0.15, 0.2) is 52.1 Å². The second-order valence-corrected chi connectivity index (χ2v) is 8.11. The highest BCUT2D eigenvalue weighted by molar-refractivity contribution is 7.98. The molecular formula is C22H23N7O2S. The third-order valence-electron chi connectivity index (χ3n) is 4.56. The van der Waals surface area contributed by atoms with Crippen molar-refractivity contribution in [3.63, 3.8) is 0 Å². The highest BCUT2D eigenvalue weighted by atomic mass is 32.2. The smallest absolute Gasteiger partial charge is 0.277 e. The van der Waals surface area contributed by atoms with Gasteiger partial charge in [-0.1, -0.05) is 42.1 Å². The molecule has 2 aromatic heterocycles. The normalized spacial score (nSPS) is 10.8. The van der Waals surface area contributed by atoms with E-state index >= 15 is 0 Å². The summed E-state index contributed by atoms with van der Waals surface area (Å²) in [5.74, 6) is 2.62. The van der Waals surface area contributed by atoms with Gasteiger partial charge >= 0.3 is 0 Å². The lowest BCUT2D eigenvalue weighted by atomic mass is 10.1. The average Bonchev–Trinajstić information content (AvgIpc) is 3.22. The Balaban J connectivity index is 1.37. The van der Waals surface area contributed by atoms with E-state index in [0.717, 1.165) is 28.1 Å². The minimum atomic E-state index is 0.139. The van der Waals surface area contributed by atoms with Gasteiger partial charge < -0.3 is 20.2 Å². The Hall–Kier alpha value is -3.66. The maximum Gasteiger partial charge on any atom is 0.277 e. The number of aryl methyl sites for hydroxylation is 3. The lowest BCUT2D eigenvalue weighted by molar-refractivity contribution is 0.250. The molecule has 9 nitrogen and oxygen atoms in total. The van der Waals surface area contributed by atoms with Gasteiger partial charge in [-0.2, -0.15) is 15.0 Å². The summed E-state index contributed by atoms with van der Waals surface area (Å²) in [4.78, 5) is 12.8. The minimum Gasteiger partial charge on any atom is -0.484 e. The van der Waals surface area contributed by atoms with Crippen LogP contribution in [0.25, 0.3) is 0 Å². The molecule has 0 unspecified atom stereocenters. The third kappa shape index (κ3) is 5.52. The number of anilines is 3. The summed E-state index contributed by atoms with van der Waals surface area (Å²) in [5.41, 5.74) is 10.0. The summed E-state index contributed by atoms with van der Waals surface area (Å²) in [6.45, 7) is 6.21. The summed E-state index contributed by atoms with van der Waals surface area (Å²) in [6.07, 6.45) is 0. The number of nitrogen functional groups attached to an aromatic ring is 1. The summed E-state index contributed by atoms with van der Waals surface area (Å²) >= 11 is 1.32. The van der Waals surface area contributed by atoms with Crippen molar-refractivity contribution in [3.05, 3.63) is 70.9 Å². The molecule has 0 spiro atoms. The number of hydrogen-bond acceptors (Lipinski definition) is 10. The van der Waals surface area contributed by atoms with Gasteiger partial charge in [0.05, 0.1) is 5.75 Å². The maximum atomic E-state index is 5.86. The molecule has 0 saturated carbocycles. The molecule has 0 radical (unpaired) electrons. The molecule has 3 N–H and O–H groups in total. The molecule has 0 aliphatic rings. The molecule has 0 bridgehead atoms. The van der Waals surface area contributed by atoms with Crippen molar-refractivity contribution >= 4 is 29.3 Å². The fourth-order valence-corrected chi connectivity index (χ4v) is 3.51. The molecule has 0 amide bonds. The van der Waals surface area contributed by atoms with Gasteiger partial charge in [-0.15, -0.1) is 10.2 Å². The SMILES string of the molecule is Cc1ccc(C)c(OCc2nnc(SCc3nc(N)nc(Nc4ccccc4C)n3)o2)c1. The quantitative estimate of drug-likeness (QED) is 0.374. The molecule has 0 fully saturated rings. The highest BCUT2D eigenvalue weighted by Gasteiger charge is 2.12. The molecular weight excluding hydrogens is 426 g/mol. The first-order valence-corrected chi connectivity index (χ1v) is 10.9. The summed E-state index contributed by atoms with van der Waals surface area (Å²) in [6, 6.07) is 13.9. The molecule has 32 heavy (non-hydrogen) atoms. The molecule has 0 aliphatic carbocycles. The Bertz CT molecular complexity index is 1230. The number of para-hydroxylation sites is 1. The van der Waals surface area contributed by atoms with Crippen molar-refractivity contribution in [1.29, 1.82) is 0 Å². The van der Waals surface area contributed by atoms with Crippen molar-refractivity contribution in [2.24, 2.45) is 0 Å². The maximum absolute atomic E-state index is 5.86. The number of benzene rings is 2. The van der Waals surface area contributed by atoms with Crippen molar-refractivity contribution in [1.82, 2.24) is 25.1 Å². The number of aromatic nitrogens is 5. The van der Waals surface area contributed by atoms with Crippen LogP contribution >= 0.6 is 11.8 Å². The molecule has 4 aromatic rings. The van der Waals surface area contributed by atoms with Gasteiger partial charge in [0.2, 0.25) is 11.9 Å². The second kappa shape index (κ2) is 9.65. The van der Waals surface area contributed by atoms with E-state index in [4.69, 9.17) is 14.9 Å². The monoisotopic (exact) mass is 449 g/mol. The first-order valence-electron chi connectivity index (χ1n) is 9.94. The van der Waals surface area contributed by atoms with Crippen LogP contribution in [0.2, 0.25) is 0 Å². The number of ether oxygens (including phenoxy) is 1. The molecule has 0 saturated heterocycles. The van der Waals surface area contributed by atoms with Crippen LogP contribution in [0.5, 0.6) is 5.75 Å². The predicted octanol–water partition coefficient (Wildman–Crippen LogP) is 4.38. The second-order valence-electron chi connectivity index (χ2n) is 7.18. The van der Waals surface area contributed by atoms with E-state index in [0.29, 0.717) is 28.6 Å². The van der Waals surface area contributed by atoms with Gasteiger partial charge in [0.15, 0.2) is 6.61 Å². The van der Waals surface area contributed by atoms with E-state index in [1.807, 2.05) is 63.2 Å². The highest BCUT2D eigenvalue weighted by Crippen LogP contribution is 2.24. The van der Waals surface area contributed by atoms with E-state index in [1.165, 1.54) is 11.8 Å². The van der Waals surface area contributed by atoms with Gasteiger partial charge in [0, 0.05) is 5.69 Å². The van der Waals surface area contributed by atoms with E-state index in [2.05, 4.69) is 30.5 Å². The largest absolute Gasteiger partial charge is 0.484 e. The molecule has 10 heteroatoms. The first-order chi connectivity index (χ1) is 15.5. The van der Waals surface area contributed by atoms with Crippen LogP contribution in [-0.4, -0.2) is 25.1 Å². The van der Waals surface area contributed by atoms with Gasteiger partial charge in [0.25, 0.3) is 11.1 Å². The van der Waals surface area contributed by atoms with Crippen molar-refractivity contribution < 1.29 is 9.15 Å². The Morgan fingerprint density at radius 2 is 1.84 bits per heavy atom. The van der Waals surface area contributed by atoms with Crippen LogP contribution in [0.4, 0.5) is 17.6 Å². The Labute approximate surface area is 189 Å². The van der Waals surface area contributed by atoms with E-state index < -0.39 is 0 Å². The molecule has 0 aliphatic heterocycles. The first kappa shape index (κ1) is 21.6. The zero-order valence-electron chi connectivity index (χ0n) is 18.0. The lowest BCUT2D eigenvalue weighted by Crippen LogP contribution is -2.07. The van der Waals surface area contributed by atoms with Crippen LogP contribution in [0, 0.1) is 20.8 Å². The van der Waals surface area contributed by atoms with E-state index in [9.17, 15) is 0 Å². The molecule has 2 heterocycles. The van der Waals surface area contributed by atoms with Crippen molar-refractivity contribution in [3.8, 4) is 5.75 Å². The summed E-state index contributed by atoms with van der Waals surface area (Å²) in [7, 11) is 0. The molecule has 4 rings (SSSR count). The Kier molecular flexibility index (Phi) is 6.50. The fraction of sp³-hybridized carbons (Fsp3) is 0.227. The predicted molar refractivity (Wildman–Crippen MR) is 123 cm³/mol. The topological polar surface area (TPSA) is 125 Å². The molecule has 0 atom stereocenters. The Morgan fingerprint density at radius 3 is 2.69 bits per heavy atom. The number of nitrogens with zero attached hydrogens (tertiary/aromatic N) is 5. The number of nitrogens with one attached hydrogen (secondary N) is 1. The zero-order chi connectivity index (χ0) is 22.5. The summed E-state index contributed by atoms with van der Waals surface area (Å²) < 4.78 is 11.5. The molecule has 2 aromatic carbocycles. The van der Waals surface area contributed by atoms with Crippen LogP contribution < -0.4 is 15.8 Å². The number of rotatable bonds is 8. The Morgan fingerprint density at radius 1 is 1.00 bits per heavy atom. The van der Waals surface area contributed by atoms with Crippen molar-refractivity contribution in [2.45, 2.75) is 38.4 Å². The van der Waals surface area contributed by atoms with Crippen LogP contribution in [0.3, 0.4) is 0 Å². The summed E-state index contributed by atoms with van der Waals surface area (Å²) in [5, 5.41) is 11.7. The van der Waals surface area contributed by atoms with Crippen molar-refractivity contribution in [2.75, 3.05) is 11.1 Å². The van der Waals surface area contributed by atoms with Crippen LogP contribution in [0.1, 0.15) is 28.4 Å². The number of thioether (sulfide) groups is 1. The number of hydrogen-bond donors (Lipinski definition) is 2. The number of nitrogens with two attached hydrogens (primary N) is 1. The van der Waals surface area contributed by atoms with Gasteiger partial charge in [-0.05, 0) is 49.6 Å². The lowest BCUT2D eigenvalue weighted by Gasteiger charge is -2.09.